The van der Waals surface area contributed by atoms with E-state index in [4.69, 9.17) is 5.73 Å². The molecule has 1 atom stereocenters. The first kappa shape index (κ1) is 12.7. The van der Waals surface area contributed by atoms with Gasteiger partial charge in [-0.2, -0.15) is 16.1 Å². The van der Waals surface area contributed by atoms with E-state index < -0.39 is 0 Å². The second-order valence-electron chi connectivity index (χ2n) is 4.61. The molecular weight excluding hydrogens is 276 g/mol. The number of pyridine rings is 1. The van der Waals surface area contributed by atoms with Gasteiger partial charge in [-0.15, -0.1) is 0 Å². The molecule has 0 aromatic carbocycles. The molecule has 0 amide bonds. The number of aromatic nitrogens is 2. The third kappa shape index (κ3) is 2.42. The van der Waals surface area contributed by atoms with Crippen LogP contribution >= 0.6 is 23.3 Å². The molecule has 2 aromatic heterocycles. The molecule has 1 aliphatic heterocycles. The minimum absolute atomic E-state index is 0.522. The van der Waals surface area contributed by atoms with E-state index in [1.165, 1.54) is 16.5 Å². The summed E-state index contributed by atoms with van der Waals surface area (Å²) in [6.07, 6.45) is 3.63. The maximum Gasteiger partial charge on any atom is 0.147 e. The van der Waals surface area contributed by atoms with E-state index in [1.54, 1.807) is 6.20 Å². The van der Waals surface area contributed by atoms with Crippen molar-refractivity contribution in [3.05, 3.63) is 24.5 Å². The smallest absolute Gasteiger partial charge is 0.147 e. The third-order valence-electron chi connectivity index (χ3n) is 3.28. The van der Waals surface area contributed by atoms with E-state index in [0.29, 0.717) is 11.9 Å². The number of nitrogens with two attached hydrogens (primary N) is 1. The van der Waals surface area contributed by atoms with Crippen LogP contribution in [0, 0.1) is 0 Å². The van der Waals surface area contributed by atoms with E-state index in [0.717, 1.165) is 29.2 Å². The average molecular weight is 292 g/mol. The summed E-state index contributed by atoms with van der Waals surface area (Å²) in [4.78, 5) is 6.61. The SMILES string of the molecule is CC1CSCCN1c1snc(N)c1-c1cccnc1. The number of thioether (sulfide) groups is 1. The van der Waals surface area contributed by atoms with Crippen LogP contribution in [-0.4, -0.2) is 33.4 Å². The molecule has 0 spiro atoms. The first-order chi connectivity index (χ1) is 9.27. The molecule has 1 aliphatic rings. The normalized spacial score (nSPS) is 19.6. The van der Waals surface area contributed by atoms with Crippen molar-refractivity contribution < 1.29 is 0 Å². The summed E-state index contributed by atoms with van der Waals surface area (Å²) in [6, 6.07) is 4.50. The monoisotopic (exact) mass is 292 g/mol. The quantitative estimate of drug-likeness (QED) is 0.922. The number of rotatable bonds is 2. The Morgan fingerprint density at radius 3 is 3.11 bits per heavy atom. The van der Waals surface area contributed by atoms with Gasteiger partial charge in [0.2, 0.25) is 0 Å². The lowest BCUT2D eigenvalue weighted by molar-refractivity contribution is 0.706. The van der Waals surface area contributed by atoms with Gasteiger partial charge in [0.25, 0.3) is 0 Å². The molecule has 1 unspecified atom stereocenters. The number of anilines is 2. The highest BCUT2D eigenvalue weighted by atomic mass is 32.2. The van der Waals surface area contributed by atoms with E-state index in [-0.39, 0.29) is 0 Å². The van der Waals surface area contributed by atoms with E-state index >= 15 is 0 Å². The van der Waals surface area contributed by atoms with Crippen LogP contribution < -0.4 is 10.6 Å². The van der Waals surface area contributed by atoms with Crippen LogP contribution in [0.1, 0.15) is 6.92 Å². The first-order valence-electron chi connectivity index (χ1n) is 6.27. The van der Waals surface area contributed by atoms with Gasteiger partial charge in [-0.1, -0.05) is 6.07 Å². The fourth-order valence-corrected chi connectivity index (χ4v) is 4.28. The van der Waals surface area contributed by atoms with Crippen molar-refractivity contribution in [3.8, 4) is 11.1 Å². The van der Waals surface area contributed by atoms with Crippen molar-refractivity contribution in [2.24, 2.45) is 0 Å². The Morgan fingerprint density at radius 2 is 2.37 bits per heavy atom. The van der Waals surface area contributed by atoms with Crippen LogP contribution in [0.5, 0.6) is 0 Å². The minimum Gasteiger partial charge on any atom is -0.382 e. The van der Waals surface area contributed by atoms with Gasteiger partial charge in [0.15, 0.2) is 0 Å². The van der Waals surface area contributed by atoms with Crippen LogP contribution in [-0.2, 0) is 0 Å². The average Bonchev–Trinajstić information content (AvgIpc) is 2.82. The Balaban J connectivity index is 2.03. The number of nitrogens with zero attached hydrogens (tertiary/aromatic N) is 3. The van der Waals surface area contributed by atoms with E-state index in [9.17, 15) is 0 Å². The summed E-state index contributed by atoms with van der Waals surface area (Å²) >= 11 is 3.50. The zero-order valence-corrected chi connectivity index (χ0v) is 12.4. The van der Waals surface area contributed by atoms with Crippen molar-refractivity contribution in [2.45, 2.75) is 13.0 Å². The lowest BCUT2D eigenvalue weighted by Gasteiger charge is -2.34. The molecule has 100 valence electrons. The zero-order valence-electron chi connectivity index (χ0n) is 10.7. The predicted octanol–water partition coefficient (Wildman–Crippen LogP) is 2.73. The zero-order chi connectivity index (χ0) is 13.2. The molecule has 4 nitrogen and oxygen atoms in total. The van der Waals surface area contributed by atoms with E-state index in [2.05, 4.69) is 21.2 Å². The predicted molar refractivity (Wildman–Crippen MR) is 83.9 cm³/mol. The van der Waals surface area contributed by atoms with Crippen LogP contribution in [0.25, 0.3) is 11.1 Å². The van der Waals surface area contributed by atoms with Crippen molar-refractivity contribution in [1.82, 2.24) is 9.36 Å². The summed E-state index contributed by atoms with van der Waals surface area (Å²) in [5.74, 6) is 2.93. The standard InChI is InChI=1S/C13H16N4S2/c1-9-8-18-6-5-17(9)13-11(12(14)16-19-13)10-3-2-4-15-7-10/h2-4,7,9H,5-6,8H2,1H3,(H2,14,16). The molecule has 1 saturated heterocycles. The largest absolute Gasteiger partial charge is 0.382 e. The summed E-state index contributed by atoms with van der Waals surface area (Å²) in [7, 11) is 0. The summed E-state index contributed by atoms with van der Waals surface area (Å²) in [5, 5.41) is 1.18. The molecule has 3 heterocycles. The Hall–Kier alpha value is -1.27. The molecule has 2 aromatic rings. The van der Waals surface area contributed by atoms with Crippen LogP contribution in [0.4, 0.5) is 10.8 Å². The molecule has 1 fully saturated rings. The number of hydrogen-bond acceptors (Lipinski definition) is 6. The van der Waals surface area contributed by atoms with Crippen LogP contribution in [0.15, 0.2) is 24.5 Å². The van der Waals surface area contributed by atoms with Crippen molar-refractivity contribution in [1.29, 1.82) is 0 Å². The Morgan fingerprint density at radius 1 is 1.47 bits per heavy atom. The van der Waals surface area contributed by atoms with E-state index in [1.807, 2.05) is 30.1 Å². The summed E-state index contributed by atoms with van der Waals surface area (Å²) < 4.78 is 4.35. The molecule has 6 heteroatoms. The van der Waals surface area contributed by atoms with Gasteiger partial charge in [0.05, 0.1) is 5.56 Å². The van der Waals surface area contributed by atoms with Gasteiger partial charge in [-0.3, -0.25) is 4.98 Å². The second-order valence-corrected chi connectivity index (χ2v) is 6.51. The molecule has 0 aliphatic carbocycles. The van der Waals surface area contributed by atoms with Crippen molar-refractivity contribution in [2.75, 3.05) is 28.7 Å². The van der Waals surface area contributed by atoms with Gasteiger partial charge in [-0.25, -0.2) is 0 Å². The summed E-state index contributed by atoms with van der Waals surface area (Å²) in [5.41, 5.74) is 8.15. The van der Waals surface area contributed by atoms with Gasteiger partial charge in [0, 0.05) is 42.0 Å². The highest BCUT2D eigenvalue weighted by Gasteiger charge is 2.25. The number of hydrogen-bond donors (Lipinski definition) is 1. The molecule has 3 rings (SSSR count). The first-order valence-corrected chi connectivity index (χ1v) is 8.20. The molecule has 0 radical (unpaired) electrons. The van der Waals surface area contributed by atoms with Gasteiger partial charge in [-0.05, 0) is 24.5 Å². The highest BCUT2D eigenvalue weighted by Crippen LogP contribution is 2.40. The van der Waals surface area contributed by atoms with Gasteiger partial charge < -0.3 is 10.6 Å². The van der Waals surface area contributed by atoms with Gasteiger partial charge >= 0.3 is 0 Å². The molecular formula is C13H16N4S2. The fraction of sp³-hybridized carbons (Fsp3) is 0.385. The number of nitrogen functional groups attached to an aromatic ring is 1. The molecule has 2 N–H and O–H groups in total. The van der Waals surface area contributed by atoms with Crippen LogP contribution in [0.2, 0.25) is 0 Å². The summed E-state index contributed by atoms with van der Waals surface area (Å²) in [6.45, 7) is 3.32. The third-order valence-corrected chi connectivity index (χ3v) is 5.37. The lowest BCUT2D eigenvalue weighted by atomic mass is 10.1. The Labute approximate surface area is 121 Å². The van der Waals surface area contributed by atoms with Crippen LogP contribution in [0.3, 0.4) is 0 Å². The molecule has 0 bridgehead atoms. The maximum atomic E-state index is 6.07. The fourth-order valence-electron chi connectivity index (χ4n) is 2.30. The topological polar surface area (TPSA) is 55.0 Å². The minimum atomic E-state index is 0.522. The van der Waals surface area contributed by atoms with Crippen molar-refractivity contribution in [3.63, 3.8) is 0 Å². The molecule has 0 saturated carbocycles. The Kier molecular flexibility index (Phi) is 3.61. The lowest BCUT2D eigenvalue weighted by Crippen LogP contribution is -2.40. The Bertz CT molecular complexity index is 555. The van der Waals surface area contributed by atoms with Crippen molar-refractivity contribution >= 4 is 34.1 Å². The molecule has 19 heavy (non-hydrogen) atoms. The maximum absolute atomic E-state index is 6.07. The highest BCUT2D eigenvalue weighted by molar-refractivity contribution is 7.99. The second kappa shape index (κ2) is 5.38. The van der Waals surface area contributed by atoms with Gasteiger partial charge in [0.1, 0.15) is 10.8 Å².